The fourth-order valence-electron chi connectivity index (χ4n) is 2.59. The maximum atomic E-state index is 12.5. The summed E-state index contributed by atoms with van der Waals surface area (Å²) in [5.74, 6) is -1.25. The molecule has 0 saturated heterocycles. The lowest BCUT2D eigenvalue weighted by atomic mass is 10.0. The van der Waals surface area contributed by atoms with Gasteiger partial charge in [-0.25, -0.2) is 4.79 Å². The van der Waals surface area contributed by atoms with E-state index < -0.39 is 5.97 Å². The Bertz CT molecular complexity index is 979. The molecule has 6 heteroatoms. The Morgan fingerprint density at radius 1 is 0.923 bits per heavy atom. The number of carbonyl (C=O) groups excluding carboxylic acids is 1. The second kappa shape index (κ2) is 7.76. The number of carbonyl (C=O) groups is 2. The van der Waals surface area contributed by atoms with Crippen LogP contribution in [0.5, 0.6) is 0 Å². The Labute approximate surface area is 155 Å². The van der Waals surface area contributed by atoms with Gasteiger partial charge >= 0.3 is 5.97 Å². The lowest BCUT2D eigenvalue weighted by Crippen LogP contribution is -2.38. The number of amides is 1. The Morgan fingerprint density at radius 2 is 1.62 bits per heavy atom. The van der Waals surface area contributed by atoms with Crippen LogP contribution in [0.25, 0.3) is 10.8 Å². The summed E-state index contributed by atoms with van der Waals surface area (Å²) in [5, 5.41) is 16.6. The van der Waals surface area contributed by atoms with Crippen LogP contribution >= 0.6 is 12.2 Å². The van der Waals surface area contributed by atoms with Crippen molar-refractivity contribution in [3.63, 3.8) is 0 Å². The number of hydrogen-bond acceptors (Lipinski definition) is 3. The van der Waals surface area contributed by atoms with Crippen LogP contribution in [0.1, 0.15) is 26.3 Å². The molecule has 0 radical (unpaired) electrons. The highest BCUT2D eigenvalue weighted by molar-refractivity contribution is 7.80. The van der Waals surface area contributed by atoms with Crippen molar-refractivity contribution < 1.29 is 14.7 Å². The monoisotopic (exact) mass is 364 g/mol. The molecule has 0 heterocycles. The van der Waals surface area contributed by atoms with E-state index >= 15 is 0 Å². The van der Waals surface area contributed by atoms with Crippen LogP contribution in [0, 0.1) is 0 Å². The lowest BCUT2D eigenvalue weighted by Gasteiger charge is -2.11. The molecule has 0 unspecified atom stereocenters. The average molecular weight is 364 g/mol. The van der Waals surface area contributed by atoms with Gasteiger partial charge in [0.2, 0.25) is 0 Å². The zero-order chi connectivity index (χ0) is 18.5. The molecule has 0 fully saturated rings. The summed E-state index contributed by atoms with van der Waals surface area (Å²) >= 11 is 5.18. The van der Waals surface area contributed by atoms with Gasteiger partial charge in [-0.05, 0) is 46.8 Å². The van der Waals surface area contributed by atoms with Crippen molar-refractivity contribution in [3.8, 4) is 0 Å². The van der Waals surface area contributed by atoms with E-state index in [0.29, 0.717) is 12.1 Å². The molecule has 0 aliphatic rings. The van der Waals surface area contributed by atoms with Crippen LogP contribution in [-0.4, -0.2) is 22.1 Å². The van der Waals surface area contributed by atoms with E-state index in [4.69, 9.17) is 17.3 Å². The number of nitrogens with one attached hydrogen (secondary N) is 2. The van der Waals surface area contributed by atoms with Crippen LogP contribution in [-0.2, 0) is 6.54 Å². The third-order valence-electron chi connectivity index (χ3n) is 3.92. The normalized spacial score (nSPS) is 10.3. The highest BCUT2D eigenvalue weighted by Gasteiger charge is 2.11. The minimum atomic E-state index is -0.970. The number of thiocarbonyl (C=S) groups is 1. The van der Waals surface area contributed by atoms with Gasteiger partial charge in [0.1, 0.15) is 0 Å². The fraction of sp³-hybridized carbons (Fsp3) is 0.0500. The van der Waals surface area contributed by atoms with Gasteiger partial charge in [0, 0.05) is 12.1 Å². The predicted molar refractivity (Wildman–Crippen MR) is 104 cm³/mol. The van der Waals surface area contributed by atoms with E-state index in [1.807, 2.05) is 36.4 Å². The van der Waals surface area contributed by atoms with E-state index in [9.17, 15) is 9.59 Å². The highest BCUT2D eigenvalue weighted by atomic mass is 32.1. The largest absolute Gasteiger partial charge is 0.478 e. The molecule has 130 valence electrons. The molecule has 0 aliphatic carbocycles. The first-order valence-corrected chi connectivity index (χ1v) is 8.34. The molecule has 3 aromatic rings. The van der Waals surface area contributed by atoms with Gasteiger partial charge in [0.25, 0.3) is 5.91 Å². The van der Waals surface area contributed by atoms with Gasteiger partial charge in [-0.3, -0.25) is 10.1 Å². The standard InChI is InChI=1S/C20H16N2O3S/c23-18(17-7-3-5-14-4-1-2-6-16(14)17)22-20(26)21-12-13-8-10-15(11-9-13)19(24)25/h1-11H,12H2,(H,24,25)(H2,21,22,23,26). The van der Waals surface area contributed by atoms with Gasteiger partial charge in [0.15, 0.2) is 5.11 Å². The summed E-state index contributed by atoms with van der Waals surface area (Å²) in [6.07, 6.45) is 0. The number of carboxylic acid groups (broad SMARTS) is 1. The first kappa shape index (κ1) is 17.6. The van der Waals surface area contributed by atoms with Gasteiger partial charge in [0.05, 0.1) is 5.56 Å². The minimum Gasteiger partial charge on any atom is -0.478 e. The van der Waals surface area contributed by atoms with E-state index in [1.54, 1.807) is 18.2 Å². The fourth-order valence-corrected chi connectivity index (χ4v) is 2.75. The number of benzene rings is 3. The third kappa shape index (κ3) is 4.04. The zero-order valence-electron chi connectivity index (χ0n) is 13.7. The van der Waals surface area contributed by atoms with Crippen molar-refractivity contribution in [1.82, 2.24) is 10.6 Å². The molecular formula is C20H16N2O3S. The summed E-state index contributed by atoms with van der Waals surface area (Å²) in [4.78, 5) is 23.3. The quantitative estimate of drug-likeness (QED) is 0.619. The smallest absolute Gasteiger partial charge is 0.335 e. The van der Waals surface area contributed by atoms with E-state index in [0.717, 1.165) is 16.3 Å². The average Bonchev–Trinajstić information content (AvgIpc) is 2.66. The molecule has 0 aliphatic heterocycles. The van der Waals surface area contributed by atoms with Gasteiger partial charge < -0.3 is 10.4 Å². The topological polar surface area (TPSA) is 78.4 Å². The molecule has 0 atom stereocenters. The number of fused-ring (bicyclic) bond motifs is 1. The Kier molecular flexibility index (Phi) is 5.24. The molecule has 0 spiro atoms. The van der Waals surface area contributed by atoms with Gasteiger partial charge in [-0.2, -0.15) is 0 Å². The molecule has 26 heavy (non-hydrogen) atoms. The molecule has 1 amide bonds. The molecule has 3 rings (SSSR count). The van der Waals surface area contributed by atoms with Crippen LogP contribution < -0.4 is 10.6 Å². The molecular weight excluding hydrogens is 348 g/mol. The Balaban J connectivity index is 1.62. The summed E-state index contributed by atoms with van der Waals surface area (Å²) in [6.45, 7) is 0.383. The molecule has 3 N–H and O–H groups in total. The number of aromatic carboxylic acids is 1. The molecule has 0 aromatic heterocycles. The van der Waals surface area contributed by atoms with Crippen LogP contribution in [0.3, 0.4) is 0 Å². The van der Waals surface area contributed by atoms with Crippen molar-refractivity contribution in [3.05, 3.63) is 83.4 Å². The second-order valence-electron chi connectivity index (χ2n) is 5.67. The second-order valence-corrected chi connectivity index (χ2v) is 6.07. The Morgan fingerprint density at radius 3 is 2.35 bits per heavy atom. The lowest BCUT2D eigenvalue weighted by molar-refractivity contribution is 0.0696. The molecule has 0 bridgehead atoms. The minimum absolute atomic E-state index is 0.213. The van der Waals surface area contributed by atoms with Crippen molar-refractivity contribution in [2.45, 2.75) is 6.54 Å². The summed E-state index contributed by atoms with van der Waals surface area (Å²) in [7, 11) is 0. The summed E-state index contributed by atoms with van der Waals surface area (Å²) in [6, 6.07) is 19.6. The molecule has 0 saturated carbocycles. The van der Waals surface area contributed by atoms with Gasteiger partial charge in [-0.1, -0.05) is 48.5 Å². The van der Waals surface area contributed by atoms with Crippen LogP contribution in [0.2, 0.25) is 0 Å². The zero-order valence-corrected chi connectivity index (χ0v) is 14.5. The van der Waals surface area contributed by atoms with Crippen LogP contribution in [0.4, 0.5) is 0 Å². The number of hydrogen-bond donors (Lipinski definition) is 3. The summed E-state index contributed by atoms with van der Waals surface area (Å²) in [5.41, 5.74) is 1.63. The van der Waals surface area contributed by atoms with E-state index in [2.05, 4.69) is 10.6 Å². The van der Waals surface area contributed by atoms with E-state index in [-0.39, 0.29) is 16.6 Å². The number of rotatable bonds is 4. The highest BCUT2D eigenvalue weighted by Crippen LogP contribution is 2.18. The first-order chi connectivity index (χ1) is 12.5. The maximum Gasteiger partial charge on any atom is 0.335 e. The van der Waals surface area contributed by atoms with Crippen LogP contribution in [0.15, 0.2) is 66.7 Å². The SMILES string of the molecule is O=C(O)c1ccc(CNC(=S)NC(=O)c2cccc3ccccc23)cc1. The summed E-state index contributed by atoms with van der Waals surface area (Å²) < 4.78 is 0. The van der Waals surface area contributed by atoms with Gasteiger partial charge in [-0.15, -0.1) is 0 Å². The van der Waals surface area contributed by atoms with Crippen molar-refractivity contribution >= 4 is 40.0 Å². The molecule has 5 nitrogen and oxygen atoms in total. The van der Waals surface area contributed by atoms with E-state index in [1.165, 1.54) is 12.1 Å². The van der Waals surface area contributed by atoms with Crippen molar-refractivity contribution in [2.24, 2.45) is 0 Å². The van der Waals surface area contributed by atoms with Crippen molar-refractivity contribution in [2.75, 3.05) is 0 Å². The first-order valence-electron chi connectivity index (χ1n) is 7.94. The predicted octanol–water partition coefficient (Wildman–Crippen LogP) is 3.34. The van der Waals surface area contributed by atoms with Crippen molar-refractivity contribution in [1.29, 1.82) is 0 Å². The maximum absolute atomic E-state index is 12.5. The third-order valence-corrected chi connectivity index (χ3v) is 4.16. The Hall–Kier alpha value is -3.25. The number of carboxylic acids is 1. The molecule has 3 aromatic carbocycles.